The zero-order valence-electron chi connectivity index (χ0n) is 17.0. The van der Waals surface area contributed by atoms with Crippen molar-refractivity contribution in [3.05, 3.63) is 70.4 Å². The Bertz CT molecular complexity index is 1060. The van der Waals surface area contributed by atoms with E-state index >= 15 is 0 Å². The lowest BCUT2D eigenvalue weighted by molar-refractivity contribution is -0.144. The fourth-order valence-corrected chi connectivity index (χ4v) is 2.69. The van der Waals surface area contributed by atoms with Gasteiger partial charge in [-0.3, -0.25) is 4.79 Å². The highest BCUT2D eigenvalue weighted by atomic mass is 19.4. The molecule has 15 heteroatoms. The van der Waals surface area contributed by atoms with Crippen molar-refractivity contribution in [2.75, 3.05) is 10.6 Å². The van der Waals surface area contributed by atoms with Crippen LogP contribution in [0.4, 0.5) is 64.1 Å². The van der Waals surface area contributed by atoms with Crippen LogP contribution in [0.25, 0.3) is 0 Å². The molecule has 0 saturated carbocycles. The number of alkyl halides is 12. The highest BCUT2D eigenvalue weighted by molar-refractivity contribution is 6.00. The number of hydrogen-bond acceptors (Lipinski definition) is 2. The fraction of sp³-hybridized carbons (Fsp3) is 0.250. The van der Waals surface area contributed by atoms with Crippen LogP contribution < -0.4 is 10.6 Å². The van der Waals surface area contributed by atoms with Crippen molar-refractivity contribution in [2.45, 2.75) is 31.6 Å². The van der Waals surface area contributed by atoms with Gasteiger partial charge in [-0.2, -0.15) is 52.7 Å². The third-order valence-electron chi connectivity index (χ3n) is 4.13. The molecule has 2 aromatic carbocycles. The SMILES string of the molecule is C/C(=C/C(=O)Nc1cc(C(F)(F)F)cc(C(F)(F)F)c1)Nc1cc(C(F)(F)F)cc(C(F)(F)F)c1. The molecule has 0 aliphatic carbocycles. The fourth-order valence-electron chi connectivity index (χ4n) is 2.69. The van der Waals surface area contributed by atoms with E-state index in [4.69, 9.17) is 0 Å². The van der Waals surface area contributed by atoms with Crippen LogP contribution in [0, 0.1) is 0 Å². The molecule has 2 aromatic rings. The molecular weight excluding hydrogens is 512 g/mol. The van der Waals surface area contributed by atoms with Crippen LogP contribution in [0.2, 0.25) is 0 Å². The van der Waals surface area contributed by atoms with Crippen molar-refractivity contribution in [1.29, 1.82) is 0 Å². The number of allylic oxidation sites excluding steroid dienone is 1. The number of rotatable bonds is 4. The zero-order valence-corrected chi connectivity index (χ0v) is 17.0. The van der Waals surface area contributed by atoms with E-state index in [-0.39, 0.29) is 30.0 Å². The number of carbonyl (C=O) groups excluding carboxylic acids is 1. The second-order valence-corrected chi connectivity index (χ2v) is 7.03. The van der Waals surface area contributed by atoms with E-state index in [0.717, 1.165) is 6.92 Å². The topological polar surface area (TPSA) is 41.1 Å². The third-order valence-corrected chi connectivity index (χ3v) is 4.13. The summed E-state index contributed by atoms with van der Waals surface area (Å²) in [5, 5.41) is 3.83. The van der Waals surface area contributed by atoms with Gasteiger partial charge in [-0.15, -0.1) is 0 Å². The summed E-state index contributed by atoms with van der Waals surface area (Å²) in [5.41, 5.74) is -8.76. The number of halogens is 12. The van der Waals surface area contributed by atoms with Crippen molar-refractivity contribution >= 4 is 17.3 Å². The third kappa shape index (κ3) is 7.82. The van der Waals surface area contributed by atoms with Gasteiger partial charge in [-0.05, 0) is 43.3 Å². The highest BCUT2D eigenvalue weighted by Gasteiger charge is 2.38. The minimum atomic E-state index is -5.19. The number of hydrogen-bond donors (Lipinski definition) is 2. The van der Waals surface area contributed by atoms with Crippen LogP contribution in [0.5, 0.6) is 0 Å². The van der Waals surface area contributed by atoms with E-state index in [0.29, 0.717) is 18.2 Å². The van der Waals surface area contributed by atoms with E-state index in [1.54, 1.807) is 5.32 Å². The van der Waals surface area contributed by atoms with Gasteiger partial charge in [-0.1, -0.05) is 0 Å². The van der Waals surface area contributed by atoms with Crippen LogP contribution in [-0.2, 0) is 29.5 Å². The van der Waals surface area contributed by atoms with E-state index in [1.165, 1.54) is 0 Å². The molecule has 1 amide bonds. The second kappa shape index (κ2) is 9.34. The molecule has 0 aliphatic heterocycles. The number of benzene rings is 2. The van der Waals surface area contributed by atoms with Gasteiger partial charge in [0.25, 0.3) is 0 Å². The predicted octanol–water partition coefficient (Wildman–Crippen LogP) is 7.72. The van der Waals surface area contributed by atoms with Crippen molar-refractivity contribution in [3.63, 3.8) is 0 Å². The Labute approximate surface area is 188 Å². The smallest absolute Gasteiger partial charge is 0.359 e. The Morgan fingerprint density at radius 1 is 0.571 bits per heavy atom. The molecule has 0 heterocycles. The standard InChI is InChI=1S/C20H12F12N2O/c1-9(33-14-5-10(17(21,22)23)3-11(6-14)18(24,25)26)2-16(35)34-15-7-12(19(27,28)29)4-13(8-15)20(30,31)32/h2-8,33H,1H3,(H,34,35)/b9-2-. The van der Waals surface area contributed by atoms with Crippen molar-refractivity contribution in [3.8, 4) is 0 Å². The monoisotopic (exact) mass is 524 g/mol. The van der Waals surface area contributed by atoms with Gasteiger partial charge in [0.1, 0.15) is 0 Å². The molecule has 192 valence electrons. The minimum absolute atomic E-state index is 0.136. The van der Waals surface area contributed by atoms with Gasteiger partial charge in [0.15, 0.2) is 0 Å². The van der Waals surface area contributed by atoms with Gasteiger partial charge in [0, 0.05) is 23.1 Å². The zero-order chi connectivity index (χ0) is 27.0. The lowest BCUT2D eigenvalue weighted by atomic mass is 10.1. The molecular formula is C20H12F12N2O. The summed E-state index contributed by atoms with van der Waals surface area (Å²) in [6.45, 7) is 1.01. The normalized spacial score (nSPS) is 13.6. The number of amides is 1. The number of carbonyl (C=O) groups is 1. The average molecular weight is 524 g/mol. The van der Waals surface area contributed by atoms with Gasteiger partial charge in [0.05, 0.1) is 22.3 Å². The molecule has 0 atom stereocenters. The van der Waals surface area contributed by atoms with E-state index in [2.05, 4.69) is 5.32 Å². The number of nitrogens with one attached hydrogen (secondary N) is 2. The Hall–Kier alpha value is -3.39. The molecule has 0 radical (unpaired) electrons. The summed E-state index contributed by atoms with van der Waals surface area (Å²) in [4.78, 5) is 12.0. The first-order chi connectivity index (χ1) is 15.7. The van der Waals surface area contributed by atoms with Gasteiger partial charge >= 0.3 is 24.7 Å². The minimum Gasteiger partial charge on any atom is -0.359 e. The van der Waals surface area contributed by atoms with Crippen molar-refractivity contribution in [2.24, 2.45) is 0 Å². The Balaban J connectivity index is 2.33. The summed E-state index contributed by atoms with van der Waals surface area (Å²) in [5.74, 6) is -1.31. The second-order valence-electron chi connectivity index (χ2n) is 7.03. The van der Waals surface area contributed by atoms with Gasteiger partial charge in [-0.25, -0.2) is 0 Å². The Kier molecular flexibility index (Phi) is 7.43. The maximum absolute atomic E-state index is 12.9. The van der Waals surface area contributed by atoms with Crippen LogP contribution in [0.15, 0.2) is 48.2 Å². The van der Waals surface area contributed by atoms with E-state index in [9.17, 15) is 57.5 Å². The molecule has 3 nitrogen and oxygen atoms in total. The molecule has 0 bridgehead atoms. The van der Waals surface area contributed by atoms with E-state index < -0.39 is 64.2 Å². The molecule has 2 N–H and O–H groups in total. The lowest BCUT2D eigenvalue weighted by Crippen LogP contribution is -2.15. The molecule has 0 aliphatic rings. The van der Waals surface area contributed by atoms with Crippen molar-refractivity contribution in [1.82, 2.24) is 0 Å². The predicted molar refractivity (Wildman–Crippen MR) is 98.9 cm³/mol. The quantitative estimate of drug-likeness (QED) is 0.318. The maximum atomic E-state index is 12.9. The Morgan fingerprint density at radius 2 is 0.857 bits per heavy atom. The average Bonchev–Trinajstić information content (AvgIpc) is 2.64. The van der Waals surface area contributed by atoms with Gasteiger partial charge < -0.3 is 10.6 Å². The molecule has 0 fully saturated rings. The van der Waals surface area contributed by atoms with E-state index in [1.807, 2.05) is 0 Å². The largest absolute Gasteiger partial charge is 0.416 e. The van der Waals surface area contributed by atoms with Crippen molar-refractivity contribution < 1.29 is 57.5 Å². The van der Waals surface area contributed by atoms with Crippen LogP contribution in [0.1, 0.15) is 29.2 Å². The summed E-state index contributed by atoms with van der Waals surface area (Å²) in [7, 11) is 0. The van der Waals surface area contributed by atoms with Crippen LogP contribution in [-0.4, -0.2) is 5.91 Å². The van der Waals surface area contributed by atoms with Crippen LogP contribution >= 0.6 is 0 Å². The summed E-state index contributed by atoms with van der Waals surface area (Å²) in [6, 6.07) is 0.741. The molecule has 0 unspecified atom stereocenters. The molecule has 35 heavy (non-hydrogen) atoms. The summed E-state index contributed by atoms with van der Waals surface area (Å²) >= 11 is 0. The maximum Gasteiger partial charge on any atom is 0.416 e. The first-order valence-electron chi connectivity index (χ1n) is 9.01. The summed E-state index contributed by atoms with van der Waals surface area (Å²) < 4.78 is 155. The molecule has 0 aromatic heterocycles. The lowest BCUT2D eigenvalue weighted by Gasteiger charge is -2.16. The Morgan fingerprint density at radius 3 is 1.14 bits per heavy atom. The van der Waals surface area contributed by atoms with Crippen LogP contribution in [0.3, 0.4) is 0 Å². The van der Waals surface area contributed by atoms with Gasteiger partial charge in [0.2, 0.25) is 5.91 Å². The number of anilines is 2. The summed E-state index contributed by atoms with van der Waals surface area (Å²) in [6.07, 6.45) is -20.2. The molecule has 2 rings (SSSR count). The first kappa shape index (κ1) is 27.9. The highest BCUT2D eigenvalue weighted by Crippen LogP contribution is 2.39. The first-order valence-corrected chi connectivity index (χ1v) is 9.01. The molecule has 0 saturated heterocycles. The molecule has 0 spiro atoms.